The molecule has 0 aromatic rings. The number of alkyl carbamates (subject to hydrolysis) is 1. The van der Waals surface area contributed by atoms with E-state index < -0.39 is 37.7 Å². The largest absolute Gasteiger partial charge is 0.458 e. The molecule has 0 aliphatic rings. The highest BCUT2D eigenvalue weighted by atomic mass is 28.2. The minimum atomic E-state index is -0.662. The number of esters is 1. The van der Waals surface area contributed by atoms with Gasteiger partial charge in [-0.3, -0.25) is 0 Å². The van der Waals surface area contributed by atoms with Gasteiger partial charge < -0.3 is 28.4 Å². The normalized spacial score (nSPS) is 12.5. The Balaban J connectivity index is 4.15. The Morgan fingerprint density at radius 2 is 1.68 bits per heavy atom. The second-order valence-electron chi connectivity index (χ2n) is 6.22. The van der Waals surface area contributed by atoms with Crippen LogP contribution in [0.25, 0.3) is 0 Å². The van der Waals surface area contributed by atoms with Crippen molar-refractivity contribution in [2.75, 3.05) is 39.6 Å². The molecule has 8 nitrogen and oxygen atoms in total. The second-order valence-corrected chi connectivity index (χ2v) is 9.26. The van der Waals surface area contributed by atoms with Crippen LogP contribution in [0.4, 0.5) is 4.79 Å². The summed E-state index contributed by atoms with van der Waals surface area (Å²) in [7, 11) is -0.949. The van der Waals surface area contributed by atoms with E-state index in [0.29, 0.717) is 18.7 Å². The summed E-state index contributed by atoms with van der Waals surface area (Å²) in [6, 6.07) is 2.04. The molecule has 0 aromatic carbocycles. The smallest absolute Gasteiger partial charge is 0.407 e. The molecule has 28 heavy (non-hydrogen) atoms. The molecule has 0 aliphatic carbocycles. The van der Waals surface area contributed by atoms with Crippen LogP contribution in [0.15, 0.2) is 12.2 Å². The van der Waals surface area contributed by atoms with E-state index in [1.165, 1.54) is 0 Å². The standard InChI is InChI=1S/C18H37NO7Si2/c1-5-24-27-11-7-9-19-18(21)26-16(14-23-17(20)15(3)4)13-22-10-8-12-28-25-6-2/h16H,3,5-14,27-28H2,1-2,4H3,(H,19,21). The van der Waals surface area contributed by atoms with Crippen molar-refractivity contribution in [1.29, 1.82) is 0 Å². The monoisotopic (exact) mass is 435 g/mol. The molecule has 0 heterocycles. The van der Waals surface area contributed by atoms with Crippen LogP contribution in [-0.2, 0) is 27.9 Å². The van der Waals surface area contributed by atoms with Crippen LogP contribution in [0.2, 0.25) is 12.1 Å². The van der Waals surface area contributed by atoms with Gasteiger partial charge in [-0.05, 0) is 45.7 Å². The first-order chi connectivity index (χ1) is 13.5. The number of amides is 1. The summed E-state index contributed by atoms with van der Waals surface area (Å²) in [5.41, 5.74) is 0.295. The predicted molar refractivity (Wildman–Crippen MR) is 114 cm³/mol. The topological polar surface area (TPSA) is 92.3 Å². The third kappa shape index (κ3) is 16.9. The highest BCUT2D eigenvalue weighted by Crippen LogP contribution is 2.01. The van der Waals surface area contributed by atoms with Crippen molar-refractivity contribution in [3.8, 4) is 0 Å². The van der Waals surface area contributed by atoms with Gasteiger partial charge in [0.1, 0.15) is 6.61 Å². The van der Waals surface area contributed by atoms with E-state index in [1.807, 2.05) is 13.8 Å². The zero-order chi connectivity index (χ0) is 21.0. The second kappa shape index (κ2) is 19.1. The van der Waals surface area contributed by atoms with Crippen molar-refractivity contribution in [3.63, 3.8) is 0 Å². The SMILES string of the molecule is C=C(C)C(=O)OCC(COCCC[SiH2]OCC)OC(=O)NCCC[SiH2]OCC. The molecule has 0 radical (unpaired) electrons. The number of hydrogen-bond donors (Lipinski definition) is 1. The van der Waals surface area contributed by atoms with E-state index in [9.17, 15) is 9.59 Å². The molecular formula is C18H37NO7Si2. The summed E-state index contributed by atoms with van der Waals surface area (Å²) in [6.07, 6.45) is 0.559. The van der Waals surface area contributed by atoms with E-state index in [4.69, 9.17) is 23.1 Å². The minimum Gasteiger partial charge on any atom is -0.458 e. The molecule has 1 atom stereocenters. The molecule has 0 bridgehead atoms. The van der Waals surface area contributed by atoms with Crippen molar-refractivity contribution >= 4 is 31.6 Å². The molecule has 1 unspecified atom stereocenters. The highest BCUT2D eigenvalue weighted by Gasteiger charge is 2.17. The molecule has 164 valence electrons. The predicted octanol–water partition coefficient (Wildman–Crippen LogP) is 1.07. The Morgan fingerprint density at radius 3 is 2.29 bits per heavy atom. The van der Waals surface area contributed by atoms with Gasteiger partial charge in [-0.1, -0.05) is 6.58 Å². The van der Waals surface area contributed by atoms with Crippen LogP contribution >= 0.6 is 0 Å². The van der Waals surface area contributed by atoms with E-state index in [1.54, 1.807) is 6.92 Å². The maximum atomic E-state index is 12.0. The van der Waals surface area contributed by atoms with Gasteiger partial charge in [0.2, 0.25) is 0 Å². The maximum Gasteiger partial charge on any atom is 0.407 e. The molecule has 0 rings (SSSR count). The lowest BCUT2D eigenvalue weighted by Crippen LogP contribution is -2.35. The third-order valence-electron chi connectivity index (χ3n) is 3.55. The Kier molecular flexibility index (Phi) is 18.3. The van der Waals surface area contributed by atoms with E-state index in [0.717, 1.165) is 38.1 Å². The van der Waals surface area contributed by atoms with Crippen molar-refractivity contribution < 1.29 is 32.7 Å². The number of carbonyl (C=O) groups is 2. The molecule has 0 fully saturated rings. The van der Waals surface area contributed by atoms with Crippen LogP contribution in [0.3, 0.4) is 0 Å². The van der Waals surface area contributed by atoms with Crippen molar-refractivity contribution in [2.24, 2.45) is 0 Å². The van der Waals surface area contributed by atoms with Crippen LogP contribution in [0, 0.1) is 0 Å². The molecule has 1 N–H and O–H groups in total. The molecule has 0 saturated heterocycles. The van der Waals surface area contributed by atoms with Crippen molar-refractivity contribution in [3.05, 3.63) is 12.2 Å². The Labute approximate surface area is 173 Å². The van der Waals surface area contributed by atoms with E-state index >= 15 is 0 Å². The number of ether oxygens (including phenoxy) is 3. The first kappa shape index (κ1) is 26.8. The quantitative estimate of drug-likeness (QED) is 0.149. The van der Waals surface area contributed by atoms with Gasteiger partial charge in [-0.2, -0.15) is 0 Å². The molecule has 0 spiro atoms. The fourth-order valence-corrected chi connectivity index (χ4v) is 3.88. The Hall–Kier alpha value is -1.21. The number of rotatable bonds is 18. The summed E-state index contributed by atoms with van der Waals surface area (Å²) >= 11 is 0. The van der Waals surface area contributed by atoms with Gasteiger partial charge in [0.25, 0.3) is 0 Å². The van der Waals surface area contributed by atoms with E-state index in [2.05, 4.69) is 11.9 Å². The Morgan fingerprint density at radius 1 is 1.04 bits per heavy atom. The number of nitrogens with one attached hydrogen (secondary N) is 1. The zero-order valence-electron chi connectivity index (χ0n) is 17.6. The lowest BCUT2D eigenvalue weighted by molar-refractivity contribution is -0.143. The van der Waals surface area contributed by atoms with Gasteiger partial charge in [0.05, 0.1) is 6.61 Å². The molecule has 0 saturated carbocycles. The van der Waals surface area contributed by atoms with Gasteiger partial charge in [-0.25, -0.2) is 9.59 Å². The van der Waals surface area contributed by atoms with Gasteiger partial charge in [0, 0.05) is 31.9 Å². The Bertz CT molecular complexity index is 438. The zero-order valence-corrected chi connectivity index (χ0v) is 20.5. The highest BCUT2D eigenvalue weighted by molar-refractivity contribution is 6.27. The number of hydrogen-bond acceptors (Lipinski definition) is 7. The van der Waals surface area contributed by atoms with E-state index in [-0.39, 0.29) is 13.2 Å². The molecule has 0 aliphatic heterocycles. The first-order valence-corrected chi connectivity index (χ1v) is 13.2. The summed E-state index contributed by atoms with van der Waals surface area (Å²) < 4.78 is 26.8. The molecule has 1 amide bonds. The van der Waals surface area contributed by atoms with Crippen LogP contribution < -0.4 is 5.32 Å². The van der Waals surface area contributed by atoms with Gasteiger partial charge in [0.15, 0.2) is 25.6 Å². The summed E-state index contributed by atoms with van der Waals surface area (Å²) in [5.74, 6) is -0.516. The van der Waals surface area contributed by atoms with Crippen LogP contribution in [0.1, 0.15) is 33.6 Å². The average molecular weight is 436 g/mol. The summed E-state index contributed by atoms with van der Waals surface area (Å²) in [4.78, 5) is 23.5. The summed E-state index contributed by atoms with van der Waals surface area (Å²) in [6.45, 7) is 11.8. The van der Waals surface area contributed by atoms with Crippen LogP contribution in [0.5, 0.6) is 0 Å². The average Bonchev–Trinajstić information content (AvgIpc) is 2.67. The van der Waals surface area contributed by atoms with Crippen LogP contribution in [-0.4, -0.2) is 77.3 Å². The fraction of sp³-hybridized carbons (Fsp3) is 0.778. The van der Waals surface area contributed by atoms with Gasteiger partial charge in [-0.15, -0.1) is 0 Å². The fourth-order valence-electron chi connectivity index (χ4n) is 2.03. The molecule has 0 aromatic heterocycles. The summed E-state index contributed by atoms with van der Waals surface area (Å²) in [5, 5.41) is 2.71. The van der Waals surface area contributed by atoms with Gasteiger partial charge >= 0.3 is 12.1 Å². The lowest BCUT2D eigenvalue weighted by atomic mass is 10.3. The first-order valence-electron chi connectivity index (χ1n) is 10.0. The lowest BCUT2D eigenvalue weighted by Gasteiger charge is -2.18. The molecular weight excluding hydrogens is 398 g/mol. The minimum absolute atomic E-state index is 0.0654. The maximum absolute atomic E-state index is 12.0. The third-order valence-corrected chi connectivity index (χ3v) is 6.52. The molecule has 10 heteroatoms. The van der Waals surface area contributed by atoms with Crippen molar-refractivity contribution in [1.82, 2.24) is 5.32 Å². The number of carbonyl (C=O) groups excluding carboxylic acids is 2. The van der Waals surface area contributed by atoms with Crippen molar-refractivity contribution in [2.45, 2.75) is 51.8 Å².